The number of primary amides is 1. The van der Waals surface area contributed by atoms with E-state index >= 15 is 0 Å². The van der Waals surface area contributed by atoms with E-state index in [9.17, 15) is 23.1 Å². The fourth-order valence-electron chi connectivity index (χ4n) is 3.30. The van der Waals surface area contributed by atoms with Gasteiger partial charge in [0.1, 0.15) is 21.9 Å². The molecule has 0 saturated carbocycles. The highest BCUT2D eigenvalue weighted by Gasteiger charge is 2.31. The van der Waals surface area contributed by atoms with E-state index in [4.69, 9.17) is 10.5 Å². The van der Waals surface area contributed by atoms with Crippen LogP contribution in [-0.4, -0.2) is 46.6 Å². The number of amides is 1. The summed E-state index contributed by atoms with van der Waals surface area (Å²) in [7, 11) is -4.30. The van der Waals surface area contributed by atoms with E-state index in [0.717, 1.165) is 0 Å². The number of ether oxygens (including phenoxy) is 1. The Balaban J connectivity index is 1.83. The van der Waals surface area contributed by atoms with Crippen LogP contribution in [0.3, 0.4) is 0 Å². The van der Waals surface area contributed by atoms with Crippen LogP contribution in [0, 0.1) is 5.92 Å². The summed E-state index contributed by atoms with van der Waals surface area (Å²) in [6, 6.07) is 4.03. The van der Waals surface area contributed by atoms with Crippen molar-refractivity contribution < 1.29 is 23.1 Å². The highest BCUT2D eigenvalue weighted by molar-refractivity contribution is 7.90. The van der Waals surface area contributed by atoms with Gasteiger partial charge >= 0.3 is 0 Å². The van der Waals surface area contributed by atoms with Crippen LogP contribution < -0.4 is 21.3 Å². The number of nitrogens with two attached hydrogens (primary N) is 1. The quantitative estimate of drug-likeness (QED) is 0.399. The summed E-state index contributed by atoms with van der Waals surface area (Å²) in [5, 5.41) is 18.1. The largest absolute Gasteiger partial charge is 0.505 e. The van der Waals surface area contributed by atoms with Gasteiger partial charge in [0.15, 0.2) is 18.2 Å². The van der Waals surface area contributed by atoms with Crippen molar-refractivity contribution in [3.63, 3.8) is 0 Å². The Kier molecular flexibility index (Phi) is 6.58. The highest BCUT2D eigenvalue weighted by atomic mass is 32.2. The second-order valence-electron chi connectivity index (χ2n) is 8.10. The lowest BCUT2D eigenvalue weighted by atomic mass is 10.1. The molecule has 1 amide bonds. The number of sulfonamides is 1. The number of rotatable bonds is 8. The minimum atomic E-state index is -4.30. The van der Waals surface area contributed by atoms with Crippen molar-refractivity contribution >= 4 is 38.8 Å². The molecule has 35 heavy (non-hydrogen) atoms. The first-order valence-corrected chi connectivity index (χ1v) is 12.8. The number of aromatic nitrogens is 3. The van der Waals surface area contributed by atoms with E-state index in [1.807, 2.05) is 13.8 Å². The number of amidine groups is 1. The molecule has 0 saturated heterocycles. The summed E-state index contributed by atoms with van der Waals surface area (Å²) in [5.74, 6) is -1.19. The second kappa shape index (κ2) is 9.46. The molecule has 0 unspecified atom stereocenters. The average molecular weight is 519 g/mol. The van der Waals surface area contributed by atoms with Crippen molar-refractivity contribution in [1.82, 2.24) is 14.8 Å². The van der Waals surface area contributed by atoms with Crippen LogP contribution in [0.4, 0.5) is 5.69 Å². The second-order valence-corrected chi connectivity index (χ2v) is 10.6. The fraction of sp³-hybridized carbons (Fsp3) is 0.286. The Morgan fingerprint density at radius 2 is 2.11 bits per heavy atom. The van der Waals surface area contributed by atoms with Gasteiger partial charge in [0.05, 0.1) is 16.1 Å². The van der Waals surface area contributed by atoms with Crippen molar-refractivity contribution in [2.24, 2.45) is 16.0 Å². The maximum Gasteiger partial charge on any atom is 0.286 e. The number of hydrogen-bond donors (Lipinski definition) is 3. The minimum absolute atomic E-state index is 0.0914. The number of benzene rings is 1. The molecule has 0 fully saturated rings. The summed E-state index contributed by atoms with van der Waals surface area (Å²) in [6.45, 7) is 3.82. The molecule has 0 bridgehead atoms. The van der Waals surface area contributed by atoms with Crippen molar-refractivity contribution in [1.29, 1.82) is 0 Å². The van der Waals surface area contributed by atoms with E-state index in [2.05, 4.69) is 19.8 Å². The first-order valence-electron chi connectivity index (χ1n) is 10.5. The lowest BCUT2D eigenvalue weighted by molar-refractivity contribution is -0.119. The number of carbonyl (C=O) groups is 1. The molecule has 0 spiro atoms. The van der Waals surface area contributed by atoms with Gasteiger partial charge in [-0.05, 0) is 24.5 Å². The zero-order valence-corrected chi connectivity index (χ0v) is 20.4. The van der Waals surface area contributed by atoms with Crippen LogP contribution in [0.2, 0.25) is 0 Å². The Bertz CT molecular complexity index is 1480. The number of thiazole rings is 1. The zero-order valence-electron chi connectivity index (χ0n) is 18.8. The monoisotopic (exact) mass is 518 g/mol. The molecule has 2 aromatic heterocycles. The molecule has 1 aliphatic rings. The van der Waals surface area contributed by atoms with Crippen LogP contribution in [0.1, 0.15) is 25.8 Å². The highest BCUT2D eigenvalue weighted by Crippen LogP contribution is 2.35. The number of carbonyl (C=O) groups excluding carboxylic acids is 1. The Hall–Kier alpha value is -3.78. The Labute approximate surface area is 204 Å². The van der Waals surface area contributed by atoms with Crippen molar-refractivity contribution in [3.8, 4) is 22.1 Å². The molecule has 3 aromatic rings. The number of nitrogens with one attached hydrogen (secondary N) is 1. The number of aryl methyl sites for hydroxylation is 1. The van der Waals surface area contributed by atoms with Gasteiger partial charge in [-0.2, -0.15) is 13.5 Å². The fourth-order valence-corrected chi connectivity index (χ4v) is 5.04. The maximum absolute atomic E-state index is 13.3. The minimum Gasteiger partial charge on any atom is -0.505 e. The first-order chi connectivity index (χ1) is 16.6. The molecule has 1 aromatic carbocycles. The van der Waals surface area contributed by atoms with E-state index in [1.54, 1.807) is 5.51 Å². The van der Waals surface area contributed by atoms with E-state index in [0.29, 0.717) is 11.3 Å². The van der Waals surface area contributed by atoms with E-state index < -0.39 is 33.8 Å². The van der Waals surface area contributed by atoms with Gasteiger partial charge < -0.3 is 20.9 Å². The number of anilines is 1. The maximum atomic E-state index is 13.3. The third kappa shape index (κ3) is 5.02. The molecule has 1 aliphatic heterocycles. The lowest BCUT2D eigenvalue weighted by Crippen LogP contribution is -2.34. The molecule has 184 valence electrons. The third-order valence-electron chi connectivity index (χ3n) is 5.03. The zero-order chi connectivity index (χ0) is 25.3. The number of nitrogens with zero attached hydrogens (tertiary/aromatic N) is 4. The van der Waals surface area contributed by atoms with Crippen LogP contribution in [0.25, 0.3) is 10.6 Å². The molecular formula is C21H22N6O6S2. The predicted octanol–water partition coefficient (Wildman–Crippen LogP) is 1.54. The summed E-state index contributed by atoms with van der Waals surface area (Å²) < 4.78 is 36.1. The molecule has 4 N–H and O–H groups in total. The molecule has 0 aliphatic carbocycles. The van der Waals surface area contributed by atoms with Crippen LogP contribution in [-0.2, 0) is 21.4 Å². The van der Waals surface area contributed by atoms with Crippen LogP contribution >= 0.6 is 11.3 Å². The molecule has 4 rings (SSSR count). The molecule has 3 heterocycles. The number of aromatic hydroxyl groups is 1. The van der Waals surface area contributed by atoms with Crippen molar-refractivity contribution in [2.75, 3.05) is 11.9 Å². The van der Waals surface area contributed by atoms with Crippen molar-refractivity contribution in [2.45, 2.75) is 31.7 Å². The van der Waals surface area contributed by atoms with Crippen LogP contribution in [0.15, 0.2) is 44.0 Å². The smallest absolute Gasteiger partial charge is 0.286 e. The van der Waals surface area contributed by atoms with Gasteiger partial charge in [-0.15, -0.1) is 15.7 Å². The lowest BCUT2D eigenvalue weighted by Gasteiger charge is -2.20. The van der Waals surface area contributed by atoms with E-state index in [1.165, 1.54) is 40.4 Å². The van der Waals surface area contributed by atoms with Gasteiger partial charge in [0, 0.05) is 18.8 Å². The average Bonchev–Trinajstić information content (AvgIpc) is 3.31. The summed E-state index contributed by atoms with van der Waals surface area (Å²) in [4.78, 5) is 28.5. The first kappa shape index (κ1) is 24.3. The molecule has 12 nitrogen and oxygen atoms in total. The van der Waals surface area contributed by atoms with Gasteiger partial charge in [0.2, 0.25) is 0 Å². The summed E-state index contributed by atoms with van der Waals surface area (Å²) >= 11 is 1.21. The number of hydrogen-bond acceptors (Lipinski definition) is 10. The number of fused-ring (bicyclic) bond motifs is 1. The van der Waals surface area contributed by atoms with Gasteiger partial charge in [-0.1, -0.05) is 13.8 Å². The van der Waals surface area contributed by atoms with Gasteiger partial charge in [0.25, 0.3) is 21.5 Å². The molecule has 0 atom stereocenters. The third-order valence-corrected chi connectivity index (χ3v) is 7.12. The Morgan fingerprint density at radius 1 is 1.34 bits per heavy atom. The van der Waals surface area contributed by atoms with Gasteiger partial charge in [-0.25, -0.2) is 4.68 Å². The van der Waals surface area contributed by atoms with Crippen molar-refractivity contribution in [3.05, 3.63) is 45.8 Å². The van der Waals surface area contributed by atoms with Gasteiger partial charge in [-0.3, -0.25) is 14.6 Å². The van der Waals surface area contributed by atoms with E-state index in [-0.39, 0.29) is 45.9 Å². The normalized spacial score (nSPS) is 14.2. The van der Waals surface area contributed by atoms with Crippen LogP contribution in [0.5, 0.6) is 11.5 Å². The summed E-state index contributed by atoms with van der Waals surface area (Å²) in [6.07, 6.45) is 2.12. The topological polar surface area (TPSA) is 179 Å². The SMILES string of the molecule is CC(C)CCn1nc(-c2cncs2)c(O)c(C2=NS(=O)(=O)c3cc(OCC(N)=O)ccc3N2)c1=O. The summed E-state index contributed by atoms with van der Waals surface area (Å²) in [5.41, 5.74) is 5.80. The Morgan fingerprint density at radius 3 is 2.77 bits per heavy atom. The molecule has 14 heteroatoms. The standard InChI is InChI=1S/C21H22N6O6S2/c1-11(2)5-6-27-21(30)17(19(29)18(25-27)14-8-23-10-34-14)20-24-13-4-3-12(33-9-16(22)28)7-15(13)35(31,32)26-20/h3-4,7-8,10-11,29H,5-6,9H2,1-2H3,(H2,22,28)(H,24,26). The predicted molar refractivity (Wildman–Crippen MR) is 129 cm³/mol. The molecular weight excluding hydrogens is 496 g/mol. The molecule has 0 radical (unpaired) electrons.